The van der Waals surface area contributed by atoms with E-state index >= 15 is 4.39 Å². The maximum atomic E-state index is 16.7. The van der Waals surface area contributed by atoms with Crippen LogP contribution in [0.3, 0.4) is 0 Å². The largest absolute Gasteiger partial charge is 0.501 e. The van der Waals surface area contributed by atoms with Crippen LogP contribution in [0.25, 0.3) is 32.0 Å². The van der Waals surface area contributed by atoms with E-state index in [0.717, 1.165) is 62.2 Å². The molecule has 0 aliphatic carbocycles. The Labute approximate surface area is 351 Å². The van der Waals surface area contributed by atoms with Crippen molar-refractivity contribution in [2.24, 2.45) is 0 Å². The molecule has 0 unspecified atom stereocenters. The van der Waals surface area contributed by atoms with Crippen molar-refractivity contribution in [3.8, 4) is 39.1 Å². The number of carboxylic acid groups (broad SMARTS) is 1. The lowest BCUT2D eigenvalue weighted by Gasteiger charge is -2.32. The van der Waals surface area contributed by atoms with Crippen molar-refractivity contribution < 1.29 is 50.5 Å². The van der Waals surface area contributed by atoms with Gasteiger partial charge in [0.05, 0.1) is 26.4 Å². The van der Waals surface area contributed by atoms with Crippen LogP contribution in [-0.4, -0.2) is 115 Å². The van der Waals surface area contributed by atoms with Gasteiger partial charge in [-0.25, -0.2) is 19.2 Å². The number of piperazine rings is 1. The molecule has 60 heavy (non-hydrogen) atoms. The van der Waals surface area contributed by atoms with Crippen molar-refractivity contribution in [3.63, 3.8) is 0 Å². The van der Waals surface area contributed by atoms with E-state index < -0.39 is 59.4 Å². The van der Waals surface area contributed by atoms with E-state index in [4.69, 9.17) is 45.9 Å². The molecule has 1 N–H and O–H groups in total. The van der Waals surface area contributed by atoms with Crippen molar-refractivity contribution in [3.05, 3.63) is 95.0 Å². The number of carboxylic acids is 1. The summed E-state index contributed by atoms with van der Waals surface area (Å²) in [5.41, 5.74) is 0.527. The molecule has 1 saturated heterocycles. The summed E-state index contributed by atoms with van der Waals surface area (Å²) in [5, 5.41) is 11.9. The molecule has 0 spiro atoms. The first-order valence-corrected chi connectivity index (χ1v) is 19.5. The van der Waals surface area contributed by atoms with Crippen molar-refractivity contribution >= 4 is 54.8 Å². The van der Waals surface area contributed by atoms with Crippen LogP contribution in [-0.2, 0) is 16.7 Å². The van der Waals surface area contributed by atoms with E-state index in [1.807, 2.05) is 0 Å². The fourth-order valence-corrected chi connectivity index (χ4v) is 8.10. The second-order valence-electron chi connectivity index (χ2n) is 14.0. The number of carbonyl (C=O) groups is 1. The van der Waals surface area contributed by atoms with Gasteiger partial charge in [0.15, 0.2) is 6.17 Å². The zero-order chi connectivity index (χ0) is 42.9. The summed E-state index contributed by atoms with van der Waals surface area (Å²) in [6.07, 6.45) is -7.40. The highest BCUT2D eigenvalue weighted by atomic mass is 35.5. The summed E-state index contributed by atoms with van der Waals surface area (Å²) < 4.78 is 94.4. The molecule has 1 aliphatic heterocycles. The lowest BCUT2D eigenvalue weighted by molar-refractivity contribution is -0.148. The predicted octanol–water partition coefficient (Wildman–Crippen LogP) is 7.17. The van der Waals surface area contributed by atoms with E-state index in [-0.39, 0.29) is 26.9 Å². The number of rotatable bonds is 15. The highest BCUT2D eigenvalue weighted by Gasteiger charge is 2.38. The molecule has 2 aromatic carbocycles. The quantitative estimate of drug-likeness (QED) is 0.0834. The summed E-state index contributed by atoms with van der Waals surface area (Å²) in [6.45, 7) is 4.99. The van der Waals surface area contributed by atoms with E-state index in [1.54, 1.807) is 19.1 Å². The standard InChI is InChI=1S/C39H34B2ClF5N6O6S/c1-21-22(7-8-25(31(21)42)56-18-17-52-15-13-51(2)14-16-52)29-30-35(48-20-49-36(30)60-34(29)26-9-10-28(43)57-26)58-33(37(54)55)32(44)23-5-3-4-6-24(23)59-39(40,41)27-11-12-50-53(27)19-38(45,46)47/h3-12,20,32-33H,13-19H2,1-2H3,(H,54,55)/t32-,33+/m1/s1. The van der Waals surface area contributed by atoms with Crippen LogP contribution in [0.1, 0.15) is 23.0 Å². The maximum absolute atomic E-state index is 16.7. The van der Waals surface area contributed by atoms with Crippen molar-refractivity contribution in [2.75, 3.05) is 46.4 Å². The summed E-state index contributed by atoms with van der Waals surface area (Å²) in [5.74, 6) is -1.99. The third-order valence-electron chi connectivity index (χ3n) is 9.82. The van der Waals surface area contributed by atoms with E-state index in [1.165, 1.54) is 30.3 Å². The topological polar surface area (TPSA) is 128 Å². The molecular formula is C39H34B2ClF5N6O6S. The van der Waals surface area contributed by atoms with Gasteiger partial charge in [-0.15, -0.1) is 11.3 Å². The highest BCUT2D eigenvalue weighted by molar-refractivity contribution is 7.22. The lowest BCUT2D eigenvalue weighted by atomic mass is 9.63. The van der Waals surface area contributed by atoms with Gasteiger partial charge >= 0.3 is 12.1 Å². The SMILES string of the molecule is [B]C([B])(Oc1ccccc1[C@@H](F)[C@H](Oc1ncnc2sc(-c3ccc(F)o3)c(-c3ccc(OCCN4CCN(C)CC4)c(Cl)c3C)c12)C(=O)O)c1ccnn1CC(F)(F)F. The second-order valence-corrected chi connectivity index (χ2v) is 15.4. The first-order chi connectivity index (χ1) is 28.5. The Kier molecular flexibility index (Phi) is 12.5. The number of furan rings is 1. The Morgan fingerprint density at radius 2 is 1.80 bits per heavy atom. The number of aliphatic carboxylic acids is 1. The number of benzene rings is 2. The normalized spacial score (nSPS) is 15.3. The van der Waals surface area contributed by atoms with Gasteiger partial charge in [-0.1, -0.05) is 35.9 Å². The Bertz CT molecular complexity index is 2490. The summed E-state index contributed by atoms with van der Waals surface area (Å²) >= 11 is 7.97. The van der Waals surface area contributed by atoms with Crippen LogP contribution in [0.15, 0.2) is 71.5 Å². The summed E-state index contributed by atoms with van der Waals surface area (Å²) in [6, 6.07) is 11.3. The molecule has 0 saturated carbocycles. The third kappa shape index (κ3) is 9.26. The molecular weight excluding hydrogens is 833 g/mol. The molecule has 0 bridgehead atoms. The molecule has 21 heteroatoms. The maximum Gasteiger partial charge on any atom is 0.408 e. The van der Waals surface area contributed by atoms with Gasteiger partial charge in [0.1, 0.15) is 57.3 Å². The Morgan fingerprint density at radius 3 is 2.50 bits per heavy atom. The zero-order valence-electron chi connectivity index (χ0n) is 32.0. The van der Waals surface area contributed by atoms with Gasteiger partial charge in [-0.05, 0) is 49.4 Å². The van der Waals surface area contributed by atoms with Crippen LogP contribution in [0.4, 0.5) is 22.0 Å². The average Bonchev–Trinajstić information content (AvgIpc) is 3.94. The van der Waals surface area contributed by atoms with Gasteiger partial charge in [0, 0.05) is 56.1 Å². The van der Waals surface area contributed by atoms with Crippen molar-refractivity contribution in [1.82, 2.24) is 29.5 Å². The fraction of sp³-hybridized carbons (Fsp3) is 0.333. The third-order valence-corrected chi connectivity index (χ3v) is 11.4. The monoisotopic (exact) mass is 866 g/mol. The molecule has 0 amide bonds. The second kappa shape index (κ2) is 17.4. The highest BCUT2D eigenvalue weighted by Crippen LogP contribution is 2.50. The minimum absolute atomic E-state index is 0.104. The van der Waals surface area contributed by atoms with Crippen molar-refractivity contribution in [1.29, 1.82) is 0 Å². The Hall–Kier alpha value is -5.17. The number of aromatic nitrogens is 4. The fourth-order valence-electron chi connectivity index (χ4n) is 6.78. The number of hydrogen-bond donors (Lipinski definition) is 1. The van der Waals surface area contributed by atoms with Crippen LogP contribution >= 0.6 is 22.9 Å². The van der Waals surface area contributed by atoms with Gasteiger partial charge in [0.25, 0.3) is 6.01 Å². The van der Waals surface area contributed by atoms with E-state index in [9.17, 15) is 27.5 Å². The molecule has 310 valence electrons. The minimum Gasteiger partial charge on any atom is -0.501 e. The number of fused-ring (bicyclic) bond motifs is 1. The van der Waals surface area contributed by atoms with Gasteiger partial charge in [0.2, 0.25) is 12.0 Å². The Morgan fingerprint density at radius 1 is 1.05 bits per heavy atom. The number of nitrogens with zero attached hydrogens (tertiary/aromatic N) is 6. The first-order valence-electron chi connectivity index (χ1n) is 18.4. The molecule has 12 nitrogen and oxygen atoms in total. The Balaban J connectivity index is 1.23. The zero-order valence-corrected chi connectivity index (χ0v) is 33.5. The van der Waals surface area contributed by atoms with E-state index in [2.05, 4.69) is 31.9 Å². The molecule has 4 aromatic heterocycles. The number of ether oxygens (including phenoxy) is 3. The van der Waals surface area contributed by atoms with Gasteiger partial charge in [-0.2, -0.15) is 22.7 Å². The van der Waals surface area contributed by atoms with Crippen LogP contribution in [0.2, 0.25) is 5.02 Å². The molecule has 4 radical (unpaired) electrons. The van der Waals surface area contributed by atoms with Crippen LogP contribution < -0.4 is 14.2 Å². The van der Waals surface area contributed by atoms with Crippen LogP contribution in [0.5, 0.6) is 17.4 Å². The minimum atomic E-state index is -4.69. The molecule has 1 fully saturated rings. The number of hydrogen-bond acceptors (Lipinski definition) is 11. The molecule has 7 rings (SSSR count). The number of halogens is 6. The van der Waals surface area contributed by atoms with Crippen LogP contribution in [0, 0.1) is 12.9 Å². The smallest absolute Gasteiger partial charge is 0.408 e. The molecule has 2 atom stereocenters. The summed E-state index contributed by atoms with van der Waals surface area (Å²) in [7, 11) is 14.3. The summed E-state index contributed by atoms with van der Waals surface area (Å²) in [4.78, 5) is 26.6. The molecule has 5 heterocycles. The first kappa shape index (κ1) is 42.9. The lowest BCUT2D eigenvalue weighted by Crippen LogP contribution is -2.45. The molecule has 6 aromatic rings. The predicted molar refractivity (Wildman–Crippen MR) is 214 cm³/mol. The van der Waals surface area contributed by atoms with E-state index in [0.29, 0.717) is 45.2 Å². The van der Waals surface area contributed by atoms with Gasteiger partial charge < -0.3 is 28.6 Å². The van der Waals surface area contributed by atoms with Gasteiger partial charge in [-0.3, -0.25) is 9.58 Å². The molecule has 1 aliphatic rings. The van der Waals surface area contributed by atoms with Crippen molar-refractivity contribution in [2.45, 2.75) is 37.3 Å². The average molecular weight is 867 g/mol. The number of alkyl halides is 4. The number of likely N-dealkylation sites (N-methyl/N-ethyl adjacent to an activating group) is 1. The number of para-hydroxylation sites is 1. The number of thiophene rings is 1.